The van der Waals surface area contributed by atoms with E-state index in [2.05, 4.69) is 0 Å². The Kier molecular flexibility index (Phi) is 4.90. The van der Waals surface area contributed by atoms with Crippen molar-refractivity contribution in [2.45, 2.75) is 13.3 Å². The summed E-state index contributed by atoms with van der Waals surface area (Å²) in [6.45, 7) is 4.25. The molecular weight excluding hydrogens is 358 g/mol. The lowest BCUT2D eigenvalue weighted by Gasteiger charge is -2.35. The average Bonchev–Trinajstić information content (AvgIpc) is 3.37. The van der Waals surface area contributed by atoms with Crippen LogP contribution in [-0.2, 0) is 9.59 Å². The van der Waals surface area contributed by atoms with Gasteiger partial charge in [-0.3, -0.25) is 14.4 Å². The lowest BCUT2D eigenvalue weighted by molar-refractivity contribution is -0.137. The predicted molar refractivity (Wildman–Crippen MR) is 103 cm³/mol. The molecule has 0 spiro atoms. The molecule has 2 aliphatic heterocycles. The van der Waals surface area contributed by atoms with E-state index in [4.69, 9.17) is 4.42 Å². The predicted octanol–water partition coefficient (Wildman–Crippen LogP) is 1.93. The van der Waals surface area contributed by atoms with E-state index < -0.39 is 0 Å². The largest absolute Gasteiger partial charge is 0.459 e. The first kappa shape index (κ1) is 18.3. The van der Waals surface area contributed by atoms with Crippen molar-refractivity contribution < 1.29 is 18.8 Å². The number of hydrogen-bond acceptors (Lipinski definition) is 4. The molecule has 1 atom stereocenters. The van der Waals surface area contributed by atoms with Gasteiger partial charge in [-0.2, -0.15) is 0 Å². The van der Waals surface area contributed by atoms with Gasteiger partial charge in [-0.25, -0.2) is 0 Å². The molecule has 0 N–H and O–H groups in total. The Bertz CT molecular complexity index is 885. The highest BCUT2D eigenvalue weighted by Gasteiger charge is 2.38. The van der Waals surface area contributed by atoms with Crippen LogP contribution in [0.1, 0.15) is 22.5 Å². The summed E-state index contributed by atoms with van der Waals surface area (Å²) in [4.78, 5) is 43.0. The van der Waals surface area contributed by atoms with Crippen molar-refractivity contribution in [2.75, 3.05) is 37.6 Å². The Morgan fingerprint density at radius 2 is 1.71 bits per heavy atom. The van der Waals surface area contributed by atoms with Crippen LogP contribution >= 0.6 is 0 Å². The number of carbonyl (C=O) groups excluding carboxylic acids is 3. The molecule has 7 nitrogen and oxygen atoms in total. The van der Waals surface area contributed by atoms with Crippen LogP contribution < -0.4 is 4.90 Å². The summed E-state index contributed by atoms with van der Waals surface area (Å²) in [5.41, 5.74) is 1.89. The van der Waals surface area contributed by atoms with E-state index in [9.17, 15) is 14.4 Å². The fourth-order valence-corrected chi connectivity index (χ4v) is 3.92. The summed E-state index contributed by atoms with van der Waals surface area (Å²) >= 11 is 0. The molecule has 2 saturated heterocycles. The Labute approximate surface area is 163 Å². The van der Waals surface area contributed by atoms with E-state index in [-0.39, 0.29) is 30.1 Å². The third-order valence-corrected chi connectivity index (χ3v) is 5.49. The maximum absolute atomic E-state index is 12.9. The van der Waals surface area contributed by atoms with Gasteiger partial charge in [0.1, 0.15) is 0 Å². The number of para-hydroxylation sites is 1. The van der Waals surface area contributed by atoms with Crippen LogP contribution in [0.5, 0.6) is 0 Å². The maximum Gasteiger partial charge on any atom is 0.289 e. The molecule has 1 aromatic heterocycles. The van der Waals surface area contributed by atoms with Crippen LogP contribution in [0.25, 0.3) is 0 Å². The maximum atomic E-state index is 12.9. The van der Waals surface area contributed by atoms with Crippen molar-refractivity contribution in [3.63, 3.8) is 0 Å². The third kappa shape index (κ3) is 3.40. The fourth-order valence-electron chi connectivity index (χ4n) is 3.92. The monoisotopic (exact) mass is 381 g/mol. The van der Waals surface area contributed by atoms with Crippen LogP contribution in [0, 0.1) is 12.8 Å². The minimum absolute atomic E-state index is 0.00506. The van der Waals surface area contributed by atoms with Crippen LogP contribution in [0.4, 0.5) is 5.69 Å². The topological polar surface area (TPSA) is 74.1 Å². The summed E-state index contributed by atoms with van der Waals surface area (Å²) in [6, 6.07) is 11.0. The van der Waals surface area contributed by atoms with Gasteiger partial charge in [0, 0.05) is 44.8 Å². The van der Waals surface area contributed by atoms with Gasteiger partial charge < -0.3 is 19.1 Å². The first-order valence-electron chi connectivity index (χ1n) is 9.52. The zero-order valence-corrected chi connectivity index (χ0v) is 15.8. The molecule has 2 fully saturated rings. The summed E-state index contributed by atoms with van der Waals surface area (Å²) in [7, 11) is 0. The number of aryl methyl sites for hydroxylation is 1. The smallest absolute Gasteiger partial charge is 0.289 e. The van der Waals surface area contributed by atoms with Gasteiger partial charge in [0.2, 0.25) is 11.8 Å². The molecule has 3 amide bonds. The van der Waals surface area contributed by atoms with Gasteiger partial charge >= 0.3 is 0 Å². The van der Waals surface area contributed by atoms with Crippen molar-refractivity contribution in [1.29, 1.82) is 0 Å². The van der Waals surface area contributed by atoms with Crippen molar-refractivity contribution >= 4 is 23.4 Å². The quantitative estimate of drug-likeness (QED) is 0.814. The first-order valence-corrected chi connectivity index (χ1v) is 9.52. The molecule has 28 heavy (non-hydrogen) atoms. The van der Waals surface area contributed by atoms with Crippen molar-refractivity contribution in [3.8, 4) is 0 Å². The summed E-state index contributed by atoms with van der Waals surface area (Å²) in [5, 5.41) is 0. The molecule has 0 aliphatic carbocycles. The number of hydrogen-bond donors (Lipinski definition) is 0. The average molecular weight is 381 g/mol. The molecule has 7 heteroatoms. The Balaban J connectivity index is 1.36. The van der Waals surface area contributed by atoms with Gasteiger partial charge in [-0.15, -0.1) is 0 Å². The highest BCUT2D eigenvalue weighted by molar-refractivity contribution is 6.01. The summed E-state index contributed by atoms with van der Waals surface area (Å²) in [6.07, 6.45) is 1.71. The molecule has 2 aliphatic rings. The zero-order chi connectivity index (χ0) is 19.7. The second-order valence-electron chi connectivity index (χ2n) is 7.29. The van der Waals surface area contributed by atoms with Crippen molar-refractivity contribution in [1.82, 2.24) is 9.80 Å². The van der Waals surface area contributed by atoms with E-state index in [0.29, 0.717) is 38.5 Å². The normalized spacial score (nSPS) is 20.0. The molecular formula is C21H23N3O4. The van der Waals surface area contributed by atoms with Crippen molar-refractivity contribution in [2.24, 2.45) is 5.92 Å². The summed E-state index contributed by atoms with van der Waals surface area (Å²) < 4.78 is 5.16. The molecule has 1 aromatic carbocycles. The number of anilines is 1. The second-order valence-corrected chi connectivity index (χ2v) is 7.29. The number of carbonyl (C=O) groups is 3. The van der Waals surface area contributed by atoms with E-state index in [0.717, 1.165) is 11.3 Å². The first-order chi connectivity index (χ1) is 13.5. The lowest BCUT2D eigenvalue weighted by Crippen LogP contribution is -2.52. The molecule has 3 heterocycles. The van der Waals surface area contributed by atoms with E-state index in [1.807, 2.05) is 31.2 Å². The second kappa shape index (κ2) is 7.50. The van der Waals surface area contributed by atoms with Gasteiger partial charge in [0.25, 0.3) is 5.91 Å². The number of amides is 3. The van der Waals surface area contributed by atoms with Crippen LogP contribution in [0.2, 0.25) is 0 Å². The summed E-state index contributed by atoms with van der Waals surface area (Å²) in [5.74, 6) is -0.192. The highest BCUT2D eigenvalue weighted by Crippen LogP contribution is 2.29. The highest BCUT2D eigenvalue weighted by atomic mass is 16.3. The molecule has 146 valence electrons. The fraction of sp³-hybridized carbons (Fsp3) is 0.381. The van der Waals surface area contributed by atoms with Crippen LogP contribution in [0.15, 0.2) is 47.1 Å². The minimum atomic E-state index is -0.334. The Hall–Kier alpha value is -3.09. The molecule has 2 aromatic rings. The number of nitrogens with zero attached hydrogens (tertiary/aromatic N) is 3. The standard InChI is InChI=1S/C21H23N3O4/c1-15-5-2-3-6-17(15)24-14-16(13-19(24)25)20(26)22-8-10-23(11-9-22)21(27)18-7-4-12-28-18/h2-7,12,16H,8-11,13-14H2,1H3/t16-/m0/s1. The minimum Gasteiger partial charge on any atom is -0.459 e. The van der Waals surface area contributed by atoms with Gasteiger partial charge in [-0.05, 0) is 30.7 Å². The Morgan fingerprint density at radius 1 is 1.00 bits per heavy atom. The third-order valence-electron chi connectivity index (χ3n) is 5.49. The van der Waals surface area contributed by atoms with E-state index in [1.54, 1.807) is 26.8 Å². The van der Waals surface area contributed by atoms with E-state index >= 15 is 0 Å². The molecule has 0 bridgehead atoms. The number of rotatable bonds is 3. The molecule has 0 saturated carbocycles. The van der Waals surface area contributed by atoms with Crippen molar-refractivity contribution in [3.05, 3.63) is 54.0 Å². The van der Waals surface area contributed by atoms with E-state index in [1.165, 1.54) is 6.26 Å². The SMILES string of the molecule is Cc1ccccc1N1C[C@@H](C(=O)N2CCN(C(=O)c3ccco3)CC2)CC1=O. The van der Waals surface area contributed by atoms with Gasteiger partial charge in [-0.1, -0.05) is 18.2 Å². The zero-order valence-electron chi connectivity index (χ0n) is 15.8. The number of benzene rings is 1. The van der Waals surface area contributed by atoms with Gasteiger partial charge in [0.05, 0.1) is 12.2 Å². The number of piperazine rings is 1. The van der Waals surface area contributed by atoms with Gasteiger partial charge in [0.15, 0.2) is 5.76 Å². The molecule has 0 radical (unpaired) electrons. The molecule has 4 rings (SSSR count). The Morgan fingerprint density at radius 3 is 2.39 bits per heavy atom. The number of furan rings is 1. The molecule has 0 unspecified atom stereocenters. The van der Waals surface area contributed by atoms with Crippen LogP contribution in [-0.4, -0.2) is 60.2 Å². The lowest BCUT2D eigenvalue weighted by atomic mass is 10.1. The van der Waals surface area contributed by atoms with Crippen LogP contribution in [0.3, 0.4) is 0 Å².